The highest BCUT2D eigenvalue weighted by atomic mass is 35.5. The Labute approximate surface area is 98.6 Å². The third kappa shape index (κ3) is 2.39. The lowest BCUT2D eigenvalue weighted by Gasteiger charge is -2.03. The van der Waals surface area contributed by atoms with Gasteiger partial charge in [0.25, 0.3) is 0 Å². The van der Waals surface area contributed by atoms with E-state index in [2.05, 4.69) is 9.36 Å². The van der Waals surface area contributed by atoms with Gasteiger partial charge in [0.1, 0.15) is 12.1 Å². The molecule has 0 aliphatic heterocycles. The predicted octanol–water partition coefficient (Wildman–Crippen LogP) is 3.06. The van der Waals surface area contributed by atoms with Gasteiger partial charge in [0.15, 0.2) is 4.34 Å². The molecule has 2 rings (SSSR count). The summed E-state index contributed by atoms with van der Waals surface area (Å²) in [5.74, 6) is -0.518. The molecule has 15 heavy (non-hydrogen) atoms. The van der Waals surface area contributed by atoms with Crippen molar-refractivity contribution in [2.24, 2.45) is 0 Å². The quantitative estimate of drug-likeness (QED) is 0.844. The van der Waals surface area contributed by atoms with Gasteiger partial charge in [-0.15, -0.1) is 0 Å². The molecule has 2 aromatic rings. The van der Waals surface area contributed by atoms with Gasteiger partial charge in [0.05, 0.1) is 5.02 Å². The van der Waals surface area contributed by atoms with Crippen molar-refractivity contribution >= 4 is 40.6 Å². The molecule has 78 valence electrons. The number of nitrogens with two attached hydrogens (primary N) is 1. The van der Waals surface area contributed by atoms with Crippen molar-refractivity contribution in [3.63, 3.8) is 0 Å². The molecule has 2 N–H and O–H groups in total. The number of nitrogens with zero attached hydrogens (tertiary/aromatic N) is 2. The normalized spacial score (nSPS) is 10.5. The number of halogens is 2. The van der Waals surface area contributed by atoms with Gasteiger partial charge in [-0.25, -0.2) is 9.37 Å². The Morgan fingerprint density at radius 1 is 1.47 bits per heavy atom. The summed E-state index contributed by atoms with van der Waals surface area (Å²) in [6.45, 7) is 0. The lowest BCUT2D eigenvalue weighted by Crippen LogP contribution is -1.90. The number of rotatable bonds is 2. The second kappa shape index (κ2) is 4.34. The zero-order valence-corrected chi connectivity index (χ0v) is 9.67. The van der Waals surface area contributed by atoms with Crippen LogP contribution in [0.1, 0.15) is 0 Å². The van der Waals surface area contributed by atoms with Crippen molar-refractivity contribution < 1.29 is 4.39 Å². The molecule has 0 radical (unpaired) electrons. The highest BCUT2D eigenvalue weighted by molar-refractivity contribution is 8.01. The van der Waals surface area contributed by atoms with Gasteiger partial charge in [-0.2, -0.15) is 4.37 Å². The minimum Gasteiger partial charge on any atom is -0.398 e. The lowest BCUT2D eigenvalue weighted by atomic mass is 10.3. The van der Waals surface area contributed by atoms with Gasteiger partial charge in [0, 0.05) is 10.6 Å². The second-order valence-electron chi connectivity index (χ2n) is 2.61. The van der Waals surface area contributed by atoms with Crippen molar-refractivity contribution in [1.82, 2.24) is 9.36 Å². The van der Waals surface area contributed by atoms with Crippen LogP contribution in [0.2, 0.25) is 5.02 Å². The molecule has 0 aliphatic carbocycles. The number of hydrogen-bond acceptors (Lipinski definition) is 5. The van der Waals surface area contributed by atoms with Crippen LogP contribution in [0.4, 0.5) is 10.1 Å². The lowest BCUT2D eigenvalue weighted by molar-refractivity contribution is 0.628. The molecule has 7 heteroatoms. The van der Waals surface area contributed by atoms with Crippen LogP contribution in [0.3, 0.4) is 0 Å². The molecule has 0 unspecified atom stereocenters. The minimum absolute atomic E-state index is 0.0521. The Balaban J connectivity index is 2.33. The van der Waals surface area contributed by atoms with Crippen molar-refractivity contribution in [3.05, 3.63) is 29.3 Å². The molecule has 0 amide bonds. The molecule has 1 heterocycles. The van der Waals surface area contributed by atoms with E-state index in [1.165, 1.54) is 41.8 Å². The van der Waals surface area contributed by atoms with E-state index in [0.29, 0.717) is 10.6 Å². The van der Waals surface area contributed by atoms with Crippen molar-refractivity contribution in [1.29, 1.82) is 0 Å². The summed E-state index contributed by atoms with van der Waals surface area (Å²) in [6, 6.07) is 2.68. The first-order chi connectivity index (χ1) is 7.16. The zero-order valence-electron chi connectivity index (χ0n) is 7.28. The predicted molar refractivity (Wildman–Crippen MR) is 59.9 cm³/mol. The highest BCUT2D eigenvalue weighted by Gasteiger charge is 2.09. The van der Waals surface area contributed by atoms with Gasteiger partial charge in [0.2, 0.25) is 0 Å². The molecule has 0 aliphatic rings. The third-order valence-corrected chi connectivity index (χ3v) is 3.67. The molecule has 0 bridgehead atoms. The maximum atomic E-state index is 13.0. The number of benzene rings is 1. The van der Waals surface area contributed by atoms with E-state index >= 15 is 0 Å². The summed E-state index contributed by atoms with van der Waals surface area (Å²) in [7, 11) is 0. The maximum Gasteiger partial charge on any atom is 0.174 e. The van der Waals surface area contributed by atoms with Crippen molar-refractivity contribution in [2.45, 2.75) is 9.24 Å². The molecular weight excluding hydrogens is 257 g/mol. The van der Waals surface area contributed by atoms with Crippen LogP contribution in [0.15, 0.2) is 27.7 Å². The Hall–Kier alpha value is -0.850. The number of aromatic nitrogens is 2. The molecular formula is C8H5ClFN3S2. The third-order valence-electron chi connectivity index (χ3n) is 1.59. The molecule has 3 nitrogen and oxygen atoms in total. The number of hydrogen-bond donors (Lipinski definition) is 1. The SMILES string of the molecule is Nc1cc(F)c(Cl)cc1Sc1ncns1. The molecule has 1 aromatic carbocycles. The molecule has 0 saturated carbocycles. The van der Waals surface area contributed by atoms with Crippen molar-refractivity contribution in [2.75, 3.05) is 5.73 Å². The fourth-order valence-electron chi connectivity index (χ4n) is 0.934. The number of nitrogen functional groups attached to an aromatic ring is 1. The highest BCUT2D eigenvalue weighted by Crippen LogP contribution is 2.35. The van der Waals surface area contributed by atoms with E-state index in [-0.39, 0.29) is 5.02 Å². The Bertz CT molecular complexity index is 475. The van der Waals surface area contributed by atoms with Crippen LogP contribution in [-0.4, -0.2) is 9.36 Å². The first kappa shape index (κ1) is 10.7. The smallest absolute Gasteiger partial charge is 0.174 e. The molecule has 0 saturated heterocycles. The van der Waals surface area contributed by atoms with Gasteiger partial charge >= 0.3 is 0 Å². The van der Waals surface area contributed by atoms with Gasteiger partial charge < -0.3 is 5.73 Å². The molecule has 0 atom stereocenters. The van der Waals surface area contributed by atoms with Gasteiger partial charge in [-0.3, -0.25) is 0 Å². The Kier molecular flexibility index (Phi) is 3.08. The summed E-state index contributed by atoms with van der Waals surface area (Å²) in [6.07, 6.45) is 1.45. The fourth-order valence-corrected chi connectivity index (χ4v) is 2.63. The monoisotopic (exact) mass is 261 g/mol. The first-order valence-corrected chi connectivity index (χ1v) is 5.82. The average molecular weight is 262 g/mol. The second-order valence-corrected chi connectivity index (χ2v) is 5.09. The standard InChI is InChI=1S/C8H5ClFN3S2/c9-4-1-7(6(11)2-5(4)10)14-8-12-3-13-15-8/h1-3H,11H2. The molecule has 1 aromatic heterocycles. The van der Waals surface area contributed by atoms with E-state index in [1.54, 1.807) is 0 Å². The van der Waals surface area contributed by atoms with E-state index in [0.717, 1.165) is 4.34 Å². The van der Waals surface area contributed by atoms with E-state index < -0.39 is 5.82 Å². The summed E-state index contributed by atoms with van der Waals surface area (Å²) in [5.41, 5.74) is 5.99. The van der Waals surface area contributed by atoms with E-state index in [1.807, 2.05) is 0 Å². The maximum absolute atomic E-state index is 13.0. The van der Waals surface area contributed by atoms with Crippen LogP contribution in [0.5, 0.6) is 0 Å². The Morgan fingerprint density at radius 2 is 2.27 bits per heavy atom. The van der Waals surface area contributed by atoms with Crippen LogP contribution >= 0.6 is 34.9 Å². The summed E-state index contributed by atoms with van der Waals surface area (Å²) in [5, 5.41) is 0.0521. The van der Waals surface area contributed by atoms with Crippen LogP contribution in [-0.2, 0) is 0 Å². The largest absolute Gasteiger partial charge is 0.398 e. The zero-order chi connectivity index (χ0) is 10.8. The topological polar surface area (TPSA) is 51.8 Å². The molecule has 0 fully saturated rings. The minimum atomic E-state index is -0.518. The summed E-state index contributed by atoms with van der Waals surface area (Å²) < 4.78 is 17.6. The van der Waals surface area contributed by atoms with E-state index in [9.17, 15) is 4.39 Å². The first-order valence-electron chi connectivity index (χ1n) is 3.86. The van der Waals surface area contributed by atoms with Crippen molar-refractivity contribution in [3.8, 4) is 0 Å². The fraction of sp³-hybridized carbons (Fsp3) is 0. The number of anilines is 1. The van der Waals surface area contributed by atoms with Crippen LogP contribution in [0.25, 0.3) is 0 Å². The Morgan fingerprint density at radius 3 is 2.93 bits per heavy atom. The average Bonchev–Trinajstić information content (AvgIpc) is 2.67. The summed E-state index contributed by atoms with van der Waals surface area (Å²) >= 11 is 8.21. The van der Waals surface area contributed by atoms with Crippen LogP contribution < -0.4 is 5.73 Å². The molecule has 0 spiro atoms. The van der Waals surface area contributed by atoms with Crippen LogP contribution in [0, 0.1) is 5.82 Å². The van der Waals surface area contributed by atoms with Gasteiger partial charge in [-0.1, -0.05) is 23.4 Å². The van der Waals surface area contributed by atoms with Gasteiger partial charge in [-0.05, 0) is 23.7 Å². The summed E-state index contributed by atoms with van der Waals surface area (Å²) in [4.78, 5) is 4.66. The van der Waals surface area contributed by atoms with E-state index in [4.69, 9.17) is 17.3 Å².